The monoisotopic (exact) mass is 423 g/mol. The lowest BCUT2D eigenvalue weighted by Gasteiger charge is -2.32. The van der Waals surface area contributed by atoms with Crippen molar-refractivity contribution in [1.29, 1.82) is 0 Å². The molecule has 0 aromatic carbocycles. The molecular formula is C20H29N3O5S. The molecule has 1 N–H and O–H groups in total. The van der Waals surface area contributed by atoms with Gasteiger partial charge in [-0.05, 0) is 31.2 Å². The number of carbonyl (C=O) groups is 4. The number of hydrogen-bond acceptors (Lipinski definition) is 6. The number of likely N-dealkylation sites (N-methyl/N-ethyl adjacent to an activating group) is 1. The second kappa shape index (κ2) is 10.9. The van der Waals surface area contributed by atoms with Gasteiger partial charge in [-0.2, -0.15) is 0 Å². The number of likely N-dealkylation sites (tertiary alicyclic amines) is 1. The molecule has 8 nitrogen and oxygen atoms in total. The highest BCUT2D eigenvalue weighted by Crippen LogP contribution is 2.23. The van der Waals surface area contributed by atoms with Crippen LogP contribution in [0.15, 0.2) is 17.5 Å². The van der Waals surface area contributed by atoms with Crippen LogP contribution in [-0.2, 0) is 23.9 Å². The molecule has 0 spiro atoms. The molecule has 1 aromatic heterocycles. The predicted molar refractivity (Wildman–Crippen MR) is 109 cm³/mol. The third-order valence-corrected chi connectivity index (χ3v) is 5.82. The minimum absolute atomic E-state index is 0.0639. The third kappa shape index (κ3) is 6.85. The molecule has 1 saturated heterocycles. The Balaban J connectivity index is 1.91. The topological polar surface area (TPSA) is 96.0 Å². The Hall–Kier alpha value is -2.42. The molecule has 160 valence electrons. The maximum Gasteiger partial charge on any atom is 0.310 e. The lowest BCUT2D eigenvalue weighted by atomic mass is 9.98. The molecule has 2 rings (SSSR count). The summed E-state index contributed by atoms with van der Waals surface area (Å²) in [6.07, 6.45) is 1.52. The van der Waals surface area contributed by atoms with Crippen LogP contribution in [0.2, 0.25) is 0 Å². The van der Waals surface area contributed by atoms with Crippen molar-refractivity contribution in [3.05, 3.63) is 22.4 Å². The van der Waals surface area contributed by atoms with E-state index < -0.39 is 6.04 Å². The Morgan fingerprint density at radius 1 is 1.38 bits per heavy atom. The molecule has 9 heteroatoms. The maximum absolute atomic E-state index is 12.6. The van der Waals surface area contributed by atoms with Gasteiger partial charge in [-0.1, -0.05) is 6.07 Å². The average molecular weight is 424 g/mol. The molecule has 29 heavy (non-hydrogen) atoms. The van der Waals surface area contributed by atoms with E-state index >= 15 is 0 Å². The van der Waals surface area contributed by atoms with Gasteiger partial charge in [0.1, 0.15) is 0 Å². The lowest BCUT2D eigenvalue weighted by molar-refractivity contribution is -0.152. The molecule has 1 fully saturated rings. The standard InChI is InChI=1S/C20H29N3O5S/c1-4-28-20(27)15-7-5-9-23(12-15)19(26)13-22(3)18(25)11-16(21-14(2)24)17-8-6-10-29-17/h6,8,10,15-16H,4-5,7,9,11-13H2,1-3H3,(H,21,24). The largest absolute Gasteiger partial charge is 0.466 e. The van der Waals surface area contributed by atoms with Gasteiger partial charge in [-0.25, -0.2) is 0 Å². The van der Waals surface area contributed by atoms with E-state index in [1.54, 1.807) is 18.9 Å². The summed E-state index contributed by atoms with van der Waals surface area (Å²) in [7, 11) is 1.58. The Bertz CT molecular complexity index is 722. The molecule has 3 amide bonds. The minimum atomic E-state index is -0.416. The van der Waals surface area contributed by atoms with Crippen molar-refractivity contribution in [2.45, 2.75) is 39.2 Å². The van der Waals surface area contributed by atoms with Crippen LogP contribution in [-0.4, -0.2) is 66.8 Å². The number of nitrogens with zero attached hydrogens (tertiary/aromatic N) is 2. The van der Waals surface area contributed by atoms with E-state index in [-0.39, 0.29) is 42.6 Å². The Morgan fingerprint density at radius 3 is 2.76 bits per heavy atom. The zero-order valence-corrected chi connectivity index (χ0v) is 18.0. The normalized spacial score (nSPS) is 17.3. The van der Waals surface area contributed by atoms with E-state index in [1.165, 1.54) is 23.2 Å². The van der Waals surface area contributed by atoms with Gasteiger partial charge in [0, 0.05) is 31.9 Å². The van der Waals surface area contributed by atoms with Gasteiger partial charge < -0.3 is 19.9 Å². The molecule has 1 aromatic rings. The van der Waals surface area contributed by atoms with Gasteiger partial charge in [0.15, 0.2) is 0 Å². The molecule has 0 bridgehead atoms. The summed E-state index contributed by atoms with van der Waals surface area (Å²) in [5.74, 6) is -1.22. The molecule has 1 aliphatic rings. The van der Waals surface area contributed by atoms with Crippen LogP contribution >= 0.6 is 11.3 Å². The van der Waals surface area contributed by atoms with Crippen molar-refractivity contribution in [1.82, 2.24) is 15.1 Å². The van der Waals surface area contributed by atoms with Crippen LogP contribution in [0, 0.1) is 5.92 Å². The van der Waals surface area contributed by atoms with Gasteiger partial charge in [0.05, 0.1) is 31.5 Å². The zero-order chi connectivity index (χ0) is 21.4. The van der Waals surface area contributed by atoms with Crippen molar-refractivity contribution >= 4 is 35.0 Å². The average Bonchev–Trinajstić information content (AvgIpc) is 3.22. The number of ether oxygens (including phenoxy) is 1. The lowest BCUT2D eigenvalue weighted by Crippen LogP contribution is -2.47. The first-order valence-electron chi connectivity index (χ1n) is 9.80. The Labute approximate surface area is 175 Å². The number of piperidine rings is 1. The number of rotatable bonds is 8. The highest BCUT2D eigenvalue weighted by Gasteiger charge is 2.30. The van der Waals surface area contributed by atoms with Crippen LogP contribution in [0.25, 0.3) is 0 Å². The van der Waals surface area contributed by atoms with Crippen molar-refractivity contribution in [3.8, 4) is 0 Å². The fourth-order valence-electron chi connectivity index (χ4n) is 3.34. The van der Waals surface area contributed by atoms with Gasteiger partial charge in [-0.15, -0.1) is 11.3 Å². The molecule has 2 heterocycles. The summed E-state index contributed by atoms with van der Waals surface area (Å²) < 4.78 is 5.06. The second-order valence-electron chi connectivity index (χ2n) is 7.15. The summed E-state index contributed by atoms with van der Waals surface area (Å²) >= 11 is 1.47. The van der Waals surface area contributed by atoms with Crippen LogP contribution < -0.4 is 5.32 Å². The van der Waals surface area contributed by atoms with E-state index in [4.69, 9.17) is 4.74 Å². The molecular weight excluding hydrogens is 394 g/mol. The number of esters is 1. The fourth-order valence-corrected chi connectivity index (χ4v) is 4.11. The smallest absolute Gasteiger partial charge is 0.310 e. The highest BCUT2D eigenvalue weighted by molar-refractivity contribution is 7.10. The number of carbonyl (C=O) groups excluding carboxylic acids is 4. The number of thiophene rings is 1. The van der Waals surface area contributed by atoms with E-state index in [9.17, 15) is 19.2 Å². The fraction of sp³-hybridized carbons (Fsp3) is 0.600. The third-order valence-electron chi connectivity index (χ3n) is 4.84. The van der Waals surface area contributed by atoms with Gasteiger partial charge in [-0.3, -0.25) is 19.2 Å². The molecule has 1 aliphatic heterocycles. The summed E-state index contributed by atoms with van der Waals surface area (Å²) in [6.45, 7) is 4.32. The second-order valence-corrected chi connectivity index (χ2v) is 8.13. The van der Waals surface area contributed by atoms with E-state index in [1.807, 2.05) is 17.5 Å². The SMILES string of the molecule is CCOC(=O)C1CCCN(C(=O)CN(C)C(=O)CC(NC(C)=O)c2cccs2)C1. The summed E-state index contributed by atoms with van der Waals surface area (Å²) in [6, 6.07) is 3.32. The zero-order valence-electron chi connectivity index (χ0n) is 17.2. The van der Waals surface area contributed by atoms with Crippen molar-refractivity contribution < 1.29 is 23.9 Å². The first-order valence-corrected chi connectivity index (χ1v) is 10.7. The van der Waals surface area contributed by atoms with Gasteiger partial charge >= 0.3 is 5.97 Å². The van der Waals surface area contributed by atoms with Crippen LogP contribution in [0.3, 0.4) is 0 Å². The number of nitrogens with one attached hydrogen (secondary N) is 1. The van der Waals surface area contributed by atoms with E-state index in [0.717, 1.165) is 11.3 Å². The molecule has 0 radical (unpaired) electrons. The van der Waals surface area contributed by atoms with Gasteiger partial charge in [0.25, 0.3) is 0 Å². The number of amides is 3. The van der Waals surface area contributed by atoms with Crippen molar-refractivity contribution in [2.75, 3.05) is 33.3 Å². The highest BCUT2D eigenvalue weighted by atomic mass is 32.1. The quantitative estimate of drug-likeness (QED) is 0.641. The Kier molecular flexibility index (Phi) is 8.63. The Morgan fingerprint density at radius 2 is 2.14 bits per heavy atom. The van der Waals surface area contributed by atoms with Crippen molar-refractivity contribution in [2.24, 2.45) is 5.92 Å². The van der Waals surface area contributed by atoms with Gasteiger partial charge in [0.2, 0.25) is 17.7 Å². The predicted octanol–water partition coefficient (Wildman–Crippen LogP) is 1.58. The summed E-state index contributed by atoms with van der Waals surface area (Å²) in [5, 5.41) is 4.68. The van der Waals surface area contributed by atoms with E-state index in [0.29, 0.717) is 26.1 Å². The number of hydrogen-bond donors (Lipinski definition) is 1. The van der Waals surface area contributed by atoms with Crippen molar-refractivity contribution in [3.63, 3.8) is 0 Å². The van der Waals surface area contributed by atoms with Crippen LogP contribution in [0.1, 0.15) is 44.0 Å². The molecule has 2 atom stereocenters. The van der Waals surface area contributed by atoms with E-state index in [2.05, 4.69) is 5.32 Å². The minimum Gasteiger partial charge on any atom is -0.466 e. The van der Waals surface area contributed by atoms with Crippen LogP contribution in [0.4, 0.5) is 0 Å². The maximum atomic E-state index is 12.6. The summed E-state index contributed by atoms with van der Waals surface area (Å²) in [4.78, 5) is 52.6. The first-order chi connectivity index (χ1) is 13.8. The molecule has 2 unspecified atom stereocenters. The first kappa shape index (κ1) is 22.9. The summed E-state index contributed by atoms with van der Waals surface area (Å²) in [5.41, 5.74) is 0. The van der Waals surface area contributed by atoms with Crippen LogP contribution in [0.5, 0.6) is 0 Å². The molecule has 0 aliphatic carbocycles. The molecule has 0 saturated carbocycles.